The van der Waals surface area contributed by atoms with Crippen molar-refractivity contribution < 1.29 is 48.0 Å². The van der Waals surface area contributed by atoms with Crippen LogP contribution in [0.15, 0.2) is 24.3 Å². The van der Waals surface area contributed by atoms with E-state index < -0.39 is 29.8 Å². The van der Waals surface area contributed by atoms with Crippen molar-refractivity contribution in [3.63, 3.8) is 0 Å². The second-order valence-corrected chi connectivity index (χ2v) is 5.09. The molecular weight excluding hydrogens is 388 g/mol. The molecule has 164 valence electrons. The summed E-state index contributed by atoms with van der Waals surface area (Å²) in [5.74, 6) is -3.19. The van der Waals surface area contributed by atoms with Crippen LogP contribution in [0, 0.1) is 0 Å². The first-order valence-corrected chi connectivity index (χ1v) is 8.85. The first kappa shape index (κ1) is 28.0. The van der Waals surface area contributed by atoms with Gasteiger partial charge >= 0.3 is 29.8 Å². The zero-order chi connectivity index (χ0) is 22.7. The number of carbonyl (C=O) groups is 5. The van der Waals surface area contributed by atoms with Gasteiger partial charge in [0.25, 0.3) is 0 Å². The van der Waals surface area contributed by atoms with Crippen molar-refractivity contribution in [1.82, 2.24) is 0 Å². The molecule has 10 nitrogen and oxygen atoms in total. The average Bonchev–Trinajstić information content (AvgIpc) is 2.64. The highest BCUT2D eigenvalue weighted by atomic mass is 16.6. The first-order chi connectivity index (χ1) is 13.7. The molecule has 0 aliphatic heterocycles. The van der Waals surface area contributed by atoms with Gasteiger partial charge in [-0.3, -0.25) is 14.4 Å². The Morgan fingerprint density at radius 1 is 0.862 bits per heavy atom. The number of hydrogen-bond donors (Lipinski definition) is 1. The third-order valence-corrected chi connectivity index (χ3v) is 2.66. The fourth-order valence-corrected chi connectivity index (χ4v) is 1.45. The van der Waals surface area contributed by atoms with Gasteiger partial charge in [-0.25, -0.2) is 9.59 Å². The molecule has 0 fully saturated rings. The maximum atomic E-state index is 11.0. The molecule has 0 bridgehead atoms. The summed E-state index contributed by atoms with van der Waals surface area (Å²) in [5, 5.41) is 8.28. The van der Waals surface area contributed by atoms with Crippen LogP contribution >= 0.6 is 0 Å². The zero-order valence-corrected chi connectivity index (χ0v) is 16.9. The Bertz CT molecular complexity index is 592. The number of esters is 4. The summed E-state index contributed by atoms with van der Waals surface area (Å²) in [7, 11) is 0. The molecule has 1 N–H and O–H groups in total. The monoisotopic (exact) mass is 416 g/mol. The molecule has 0 saturated carbocycles. The minimum Gasteiger partial charge on any atom is -0.481 e. The second kappa shape index (κ2) is 18.2. The van der Waals surface area contributed by atoms with Gasteiger partial charge in [-0.1, -0.05) is 12.7 Å². The van der Waals surface area contributed by atoms with Crippen molar-refractivity contribution in [2.24, 2.45) is 0 Å². The quantitative estimate of drug-likeness (QED) is 0.215. The van der Waals surface area contributed by atoms with Crippen molar-refractivity contribution in [1.29, 1.82) is 0 Å². The van der Waals surface area contributed by atoms with Crippen molar-refractivity contribution in [3.05, 3.63) is 24.3 Å². The van der Waals surface area contributed by atoms with E-state index in [9.17, 15) is 24.0 Å². The number of aliphatic carboxylic acids is 1. The Hall–Kier alpha value is -3.17. The van der Waals surface area contributed by atoms with Crippen molar-refractivity contribution in [2.75, 3.05) is 26.4 Å². The SMILES string of the molecule is C=C(CC(=O)OCC)C(=O)OCC.CC=CC(=O)OCCOC(=O)CCC(=O)O. The Labute approximate surface area is 169 Å². The third kappa shape index (κ3) is 19.4. The number of carboxylic acid groups (broad SMARTS) is 1. The summed E-state index contributed by atoms with van der Waals surface area (Å²) in [6.07, 6.45) is 2.22. The van der Waals surface area contributed by atoms with Gasteiger partial charge < -0.3 is 24.1 Å². The van der Waals surface area contributed by atoms with Crippen LogP contribution in [0.1, 0.15) is 40.0 Å². The van der Waals surface area contributed by atoms with Gasteiger partial charge in [0.2, 0.25) is 0 Å². The standard InChI is InChI=1S/C10H14O6.C9H14O4/c1-2-3-9(13)15-6-7-16-10(14)5-4-8(11)12;1-4-12-8(10)6-7(3)9(11)13-5-2/h2-3H,4-7H2,1H3,(H,11,12);3-6H2,1-2H3. The zero-order valence-electron chi connectivity index (χ0n) is 16.9. The maximum Gasteiger partial charge on any atom is 0.333 e. The Balaban J connectivity index is 0. The van der Waals surface area contributed by atoms with Crippen molar-refractivity contribution in [2.45, 2.75) is 40.0 Å². The largest absolute Gasteiger partial charge is 0.481 e. The van der Waals surface area contributed by atoms with Gasteiger partial charge in [0.1, 0.15) is 13.2 Å². The summed E-state index contributed by atoms with van der Waals surface area (Å²) in [4.78, 5) is 53.6. The fraction of sp³-hybridized carbons (Fsp3) is 0.526. The van der Waals surface area contributed by atoms with E-state index in [1.807, 2.05) is 0 Å². The van der Waals surface area contributed by atoms with E-state index in [4.69, 9.17) is 5.11 Å². The molecule has 0 spiro atoms. The number of carboxylic acids is 1. The molecule has 0 aliphatic carbocycles. The number of ether oxygens (including phenoxy) is 4. The molecule has 0 saturated heterocycles. The lowest BCUT2D eigenvalue weighted by Gasteiger charge is -2.04. The molecule has 0 aromatic rings. The molecule has 0 heterocycles. The van der Waals surface area contributed by atoms with Gasteiger partial charge in [0, 0.05) is 11.6 Å². The third-order valence-electron chi connectivity index (χ3n) is 2.66. The van der Waals surface area contributed by atoms with Crippen LogP contribution in [0.3, 0.4) is 0 Å². The van der Waals surface area contributed by atoms with Crippen LogP contribution in [-0.4, -0.2) is 61.4 Å². The van der Waals surface area contributed by atoms with Crippen LogP contribution in [0.25, 0.3) is 0 Å². The lowest BCUT2D eigenvalue weighted by atomic mass is 10.2. The molecule has 0 aromatic heterocycles. The summed E-state index contributed by atoms with van der Waals surface area (Å²) >= 11 is 0. The number of allylic oxidation sites excluding steroid dienone is 1. The highest BCUT2D eigenvalue weighted by Gasteiger charge is 2.12. The van der Waals surface area contributed by atoms with E-state index in [0.29, 0.717) is 6.61 Å². The second-order valence-electron chi connectivity index (χ2n) is 5.09. The van der Waals surface area contributed by atoms with E-state index >= 15 is 0 Å². The fourth-order valence-electron chi connectivity index (χ4n) is 1.45. The lowest BCUT2D eigenvalue weighted by Crippen LogP contribution is -2.13. The average molecular weight is 416 g/mol. The van der Waals surface area contributed by atoms with Gasteiger partial charge in [0.15, 0.2) is 0 Å². The van der Waals surface area contributed by atoms with E-state index in [1.54, 1.807) is 20.8 Å². The maximum absolute atomic E-state index is 11.0. The summed E-state index contributed by atoms with van der Waals surface area (Å²) in [6.45, 7) is 8.95. The van der Waals surface area contributed by atoms with Gasteiger partial charge in [-0.2, -0.15) is 0 Å². The Morgan fingerprint density at radius 2 is 1.45 bits per heavy atom. The summed E-state index contributed by atoms with van der Waals surface area (Å²) in [5.41, 5.74) is 0.125. The van der Waals surface area contributed by atoms with Crippen molar-refractivity contribution >= 4 is 29.8 Å². The van der Waals surface area contributed by atoms with E-state index in [-0.39, 0.29) is 44.7 Å². The van der Waals surface area contributed by atoms with E-state index in [2.05, 4.69) is 25.5 Å². The van der Waals surface area contributed by atoms with E-state index in [0.717, 1.165) is 0 Å². The van der Waals surface area contributed by atoms with Gasteiger partial charge in [-0.05, 0) is 20.8 Å². The first-order valence-electron chi connectivity index (χ1n) is 8.85. The van der Waals surface area contributed by atoms with Crippen LogP contribution < -0.4 is 0 Å². The molecular formula is C19H28O10. The predicted octanol–water partition coefficient (Wildman–Crippen LogP) is 1.57. The minimum absolute atomic E-state index is 0.0397. The number of carbonyl (C=O) groups excluding carboxylic acids is 4. The van der Waals surface area contributed by atoms with Crippen molar-refractivity contribution in [3.8, 4) is 0 Å². The van der Waals surface area contributed by atoms with Gasteiger partial charge in [0.05, 0.1) is 32.5 Å². The Morgan fingerprint density at radius 3 is 1.97 bits per heavy atom. The van der Waals surface area contributed by atoms with E-state index in [1.165, 1.54) is 12.2 Å². The molecule has 0 aromatic carbocycles. The highest BCUT2D eigenvalue weighted by molar-refractivity contribution is 5.93. The van der Waals surface area contributed by atoms with Crippen LogP contribution in [-0.2, 0) is 42.9 Å². The molecule has 10 heteroatoms. The number of rotatable bonds is 12. The molecule has 0 unspecified atom stereocenters. The van der Waals surface area contributed by atoms with Gasteiger partial charge in [-0.15, -0.1) is 0 Å². The molecule has 29 heavy (non-hydrogen) atoms. The Kier molecular flexibility index (Phi) is 17.6. The predicted molar refractivity (Wildman–Crippen MR) is 101 cm³/mol. The van der Waals surface area contributed by atoms with Crippen LogP contribution in [0.5, 0.6) is 0 Å². The lowest BCUT2D eigenvalue weighted by molar-refractivity contribution is -0.151. The molecule has 0 radical (unpaired) electrons. The summed E-state index contributed by atoms with van der Waals surface area (Å²) < 4.78 is 18.5. The molecule has 0 atom stereocenters. The minimum atomic E-state index is -1.06. The molecule has 0 amide bonds. The smallest absolute Gasteiger partial charge is 0.333 e. The highest BCUT2D eigenvalue weighted by Crippen LogP contribution is 2.02. The summed E-state index contributed by atoms with van der Waals surface area (Å²) in [6, 6.07) is 0. The number of hydrogen-bond acceptors (Lipinski definition) is 9. The van der Waals surface area contributed by atoms with Crippen LogP contribution in [0.2, 0.25) is 0 Å². The topological polar surface area (TPSA) is 142 Å². The van der Waals surface area contributed by atoms with Crippen LogP contribution in [0.4, 0.5) is 0 Å². The molecule has 0 rings (SSSR count). The normalized spacial score (nSPS) is 9.62. The molecule has 0 aliphatic rings.